The molecule has 0 bridgehead atoms. The van der Waals surface area contributed by atoms with E-state index in [1.807, 2.05) is 20.8 Å². The molecule has 13 heavy (non-hydrogen) atoms. The van der Waals surface area contributed by atoms with Gasteiger partial charge in [-0.05, 0) is 19.3 Å². The molecule has 0 aromatic carbocycles. The van der Waals surface area contributed by atoms with Crippen molar-refractivity contribution in [3.63, 3.8) is 0 Å². The van der Waals surface area contributed by atoms with Crippen LogP contribution in [0, 0.1) is 5.41 Å². The van der Waals surface area contributed by atoms with Gasteiger partial charge in [-0.25, -0.2) is 0 Å². The van der Waals surface area contributed by atoms with E-state index in [1.54, 1.807) is 6.92 Å². The Hall–Kier alpha value is -0.250. The van der Waals surface area contributed by atoms with Gasteiger partial charge in [-0.1, -0.05) is 20.8 Å². The van der Waals surface area contributed by atoms with Crippen LogP contribution in [0.5, 0.6) is 0 Å². The van der Waals surface area contributed by atoms with Crippen LogP contribution in [0.3, 0.4) is 0 Å². The largest absolute Gasteiger partial charge is 0.414 e. The highest BCUT2D eigenvalue weighted by Crippen LogP contribution is 2.28. The molecule has 0 aliphatic rings. The van der Waals surface area contributed by atoms with Gasteiger partial charge in [0.1, 0.15) is 0 Å². The van der Waals surface area contributed by atoms with Crippen molar-refractivity contribution in [2.75, 3.05) is 0 Å². The van der Waals surface area contributed by atoms with Gasteiger partial charge in [0, 0.05) is 0 Å². The topological polar surface area (TPSA) is 9.23 Å². The molecule has 2 atom stereocenters. The average Bonchev–Trinajstić information content (AvgIpc) is 1.82. The SMILES string of the molecule is C[C@H](O[C@H](C)C(C)(C)C)C(F)(F)F. The lowest BCUT2D eigenvalue weighted by molar-refractivity contribution is -0.233. The first kappa shape index (κ1) is 12.8. The lowest BCUT2D eigenvalue weighted by atomic mass is 9.90. The van der Waals surface area contributed by atoms with Crippen LogP contribution in [0.2, 0.25) is 0 Å². The average molecular weight is 198 g/mol. The quantitative estimate of drug-likeness (QED) is 0.660. The molecule has 0 unspecified atom stereocenters. The summed E-state index contributed by atoms with van der Waals surface area (Å²) in [5.41, 5.74) is -0.264. The minimum Gasteiger partial charge on any atom is -0.366 e. The lowest BCUT2D eigenvalue weighted by Crippen LogP contribution is -2.36. The molecule has 0 heterocycles. The molecular weight excluding hydrogens is 181 g/mol. The van der Waals surface area contributed by atoms with Crippen molar-refractivity contribution in [3.05, 3.63) is 0 Å². The van der Waals surface area contributed by atoms with E-state index >= 15 is 0 Å². The summed E-state index contributed by atoms with van der Waals surface area (Å²) in [5, 5.41) is 0. The number of rotatable bonds is 2. The van der Waals surface area contributed by atoms with Crippen LogP contribution in [0.25, 0.3) is 0 Å². The summed E-state index contributed by atoms with van der Waals surface area (Å²) in [6.07, 6.45) is -6.37. The third-order valence-electron chi connectivity index (χ3n) is 2.09. The molecule has 0 aromatic heterocycles. The van der Waals surface area contributed by atoms with Crippen LogP contribution in [0.1, 0.15) is 34.6 Å². The smallest absolute Gasteiger partial charge is 0.366 e. The van der Waals surface area contributed by atoms with Gasteiger partial charge in [-0.15, -0.1) is 0 Å². The Bertz CT molecular complexity index is 139. The number of ether oxygens (including phenoxy) is 1. The summed E-state index contributed by atoms with van der Waals surface area (Å²) >= 11 is 0. The van der Waals surface area contributed by atoms with E-state index in [4.69, 9.17) is 4.74 Å². The molecule has 80 valence electrons. The molecule has 0 amide bonds. The second kappa shape index (κ2) is 3.86. The Kier molecular flexibility index (Phi) is 3.79. The fourth-order valence-electron chi connectivity index (χ4n) is 0.587. The van der Waals surface area contributed by atoms with Gasteiger partial charge >= 0.3 is 6.18 Å². The molecule has 0 fully saturated rings. The van der Waals surface area contributed by atoms with Crippen molar-refractivity contribution in [3.8, 4) is 0 Å². The molecule has 4 heteroatoms. The van der Waals surface area contributed by atoms with E-state index in [9.17, 15) is 13.2 Å². The number of hydrogen-bond acceptors (Lipinski definition) is 1. The molecule has 0 N–H and O–H groups in total. The molecule has 1 nitrogen and oxygen atoms in total. The minimum absolute atomic E-state index is 0.264. The minimum atomic E-state index is -4.26. The first-order valence-electron chi connectivity index (χ1n) is 4.27. The first-order chi connectivity index (χ1) is 5.55. The standard InChI is InChI=1S/C9H17F3O/c1-6(8(3,4)5)13-7(2)9(10,11)12/h6-7H,1-5H3/t6-,7+/m1/s1. The third kappa shape index (κ3) is 4.50. The van der Waals surface area contributed by atoms with E-state index in [0.717, 1.165) is 6.92 Å². The zero-order valence-electron chi connectivity index (χ0n) is 8.70. The molecule has 0 saturated heterocycles. The summed E-state index contributed by atoms with van der Waals surface area (Å²) < 4.78 is 41.1. The maximum Gasteiger partial charge on any atom is 0.414 e. The Balaban J connectivity index is 4.15. The zero-order chi connectivity index (χ0) is 10.9. The summed E-state index contributed by atoms with van der Waals surface area (Å²) in [7, 11) is 0. The summed E-state index contributed by atoms with van der Waals surface area (Å²) in [6, 6.07) is 0. The van der Waals surface area contributed by atoms with Crippen LogP contribution in [0.4, 0.5) is 13.2 Å². The second-order valence-electron chi connectivity index (χ2n) is 4.33. The second-order valence-corrected chi connectivity index (χ2v) is 4.33. The van der Waals surface area contributed by atoms with Crippen molar-refractivity contribution in [2.24, 2.45) is 5.41 Å². The fraction of sp³-hybridized carbons (Fsp3) is 1.00. The van der Waals surface area contributed by atoms with Gasteiger partial charge in [0.15, 0.2) is 6.10 Å². The van der Waals surface area contributed by atoms with Crippen LogP contribution in [0.15, 0.2) is 0 Å². The van der Waals surface area contributed by atoms with Crippen LogP contribution in [-0.4, -0.2) is 18.4 Å². The molecular formula is C9H17F3O. The highest BCUT2D eigenvalue weighted by atomic mass is 19.4. The van der Waals surface area contributed by atoms with E-state index in [2.05, 4.69) is 0 Å². The van der Waals surface area contributed by atoms with E-state index in [-0.39, 0.29) is 5.41 Å². The van der Waals surface area contributed by atoms with Gasteiger partial charge in [-0.2, -0.15) is 13.2 Å². The number of alkyl halides is 3. The molecule has 0 saturated carbocycles. The van der Waals surface area contributed by atoms with Crippen LogP contribution in [-0.2, 0) is 4.74 Å². The Labute approximate surface area is 77.3 Å². The monoisotopic (exact) mass is 198 g/mol. The van der Waals surface area contributed by atoms with Gasteiger partial charge in [0.05, 0.1) is 6.10 Å². The number of hydrogen-bond donors (Lipinski definition) is 0. The zero-order valence-corrected chi connectivity index (χ0v) is 8.70. The van der Waals surface area contributed by atoms with Crippen molar-refractivity contribution in [1.29, 1.82) is 0 Å². The van der Waals surface area contributed by atoms with Crippen molar-refractivity contribution in [2.45, 2.75) is 53.0 Å². The predicted molar refractivity (Wildman–Crippen MR) is 45.5 cm³/mol. The normalized spacial score (nSPS) is 18.5. The highest BCUT2D eigenvalue weighted by molar-refractivity contribution is 4.73. The predicted octanol–water partition coefficient (Wildman–Crippen LogP) is 3.39. The van der Waals surface area contributed by atoms with E-state index in [0.29, 0.717) is 0 Å². The fourth-order valence-corrected chi connectivity index (χ4v) is 0.587. The first-order valence-corrected chi connectivity index (χ1v) is 4.27. The summed E-state index contributed by atoms with van der Waals surface area (Å²) in [6.45, 7) is 8.23. The maximum absolute atomic E-state index is 12.1. The van der Waals surface area contributed by atoms with Crippen LogP contribution < -0.4 is 0 Å². The molecule has 0 aliphatic carbocycles. The third-order valence-corrected chi connectivity index (χ3v) is 2.09. The van der Waals surface area contributed by atoms with Gasteiger partial charge in [0.25, 0.3) is 0 Å². The highest BCUT2D eigenvalue weighted by Gasteiger charge is 2.39. The Morgan fingerprint density at radius 3 is 1.54 bits per heavy atom. The Morgan fingerprint density at radius 1 is 0.923 bits per heavy atom. The molecule has 0 aliphatic heterocycles. The van der Waals surface area contributed by atoms with Gasteiger partial charge in [-0.3, -0.25) is 0 Å². The van der Waals surface area contributed by atoms with Crippen LogP contribution >= 0.6 is 0 Å². The summed E-state index contributed by atoms with van der Waals surface area (Å²) in [5.74, 6) is 0. The maximum atomic E-state index is 12.1. The molecule has 0 aromatic rings. The van der Waals surface area contributed by atoms with E-state index in [1.165, 1.54) is 0 Å². The summed E-state index contributed by atoms with van der Waals surface area (Å²) in [4.78, 5) is 0. The van der Waals surface area contributed by atoms with Crippen molar-refractivity contribution in [1.82, 2.24) is 0 Å². The van der Waals surface area contributed by atoms with Gasteiger partial charge < -0.3 is 4.74 Å². The Morgan fingerprint density at radius 2 is 1.31 bits per heavy atom. The number of halogens is 3. The lowest BCUT2D eigenvalue weighted by Gasteiger charge is -2.30. The van der Waals surface area contributed by atoms with Crippen molar-refractivity contribution < 1.29 is 17.9 Å². The van der Waals surface area contributed by atoms with Gasteiger partial charge in [0.2, 0.25) is 0 Å². The van der Waals surface area contributed by atoms with E-state index < -0.39 is 18.4 Å². The molecule has 0 radical (unpaired) electrons. The van der Waals surface area contributed by atoms with Crippen molar-refractivity contribution >= 4 is 0 Å². The molecule has 0 spiro atoms. The molecule has 0 rings (SSSR count).